The molecule has 0 saturated carbocycles. The average molecular weight is 275 g/mol. The Bertz CT molecular complexity index is 725. The molecular formula is C18H17N3. The van der Waals surface area contributed by atoms with Crippen LogP contribution in [0.25, 0.3) is 0 Å². The lowest BCUT2D eigenvalue weighted by Gasteiger charge is -2.06. The molecule has 0 bridgehead atoms. The first-order valence-electron chi connectivity index (χ1n) is 6.89. The Morgan fingerprint density at radius 2 is 1.57 bits per heavy atom. The molecule has 0 aliphatic rings. The summed E-state index contributed by atoms with van der Waals surface area (Å²) >= 11 is 0. The van der Waals surface area contributed by atoms with Crippen molar-refractivity contribution >= 4 is 23.3 Å². The van der Waals surface area contributed by atoms with Crippen LogP contribution < -0.4 is 5.32 Å². The van der Waals surface area contributed by atoms with Gasteiger partial charge < -0.3 is 9.88 Å². The van der Waals surface area contributed by atoms with Crippen molar-refractivity contribution in [2.75, 3.05) is 5.32 Å². The van der Waals surface area contributed by atoms with Crippen LogP contribution in [0, 0.1) is 0 Å². The van der Waals surface area contributed by atoms with Crippen molar-refractivity contribution < 1.29 is 0 Å². The molecule has 104 valence electrons. The van der Waals surface area contributed by atoms with E-state index in [1.54, 1.807) is 0 Å². The van der Waals surface area contributed by atoms with Gasteiger partial charge in [-0.05, 0) is 48.5 Å². The lowest BCUT2D eigenvalue weighted by atomic mass is 10.2. The number of nitrogens with zero attached hydrogens (tertiary/aromatic N) is 2. The molecule has 2 aromatic carbocycles. The van der Waals surface area contributed by atoms with Crippen LogP contribution in [0.3, 0.4) is 0 Å². The summed E-state index contributed by atoms with van der Waals surface area (Å²) in [6.45, 7) is 0. The number of aryl methyl sites for hydroxylation is 1. The number of aliphatic imine (C=N–C) groups is 1. The summed E-state index contributed by atoms with van der Waals surface area (Å²) < 4.78 is 2.04. The van der Waals surface area contributed by atoms with Crippen LogP contribution >= 0.6 is 0 Å². The molecule has 0 atom stereocenters. The van der Waals surface area contributed by atoms with Gasteiger partial charge in [-0.3, -0.25) is 4.99 Å². The minimum Gasteiger partial charge on any atom is -0.356 e. The molecule has 0 fully saturated rings. The maximum atomic E-state index is 4.48. The van der Waals surface area contributed by atoms with Crippen molar-refractivity contribution in [3.05, 3.63) is 78.6 Å². The summed E-state index contributed by atoms with van der Waals surface area (Å²) in [7, 11) is 2.01. The summed E-state index contributed by atoms with van der Waals surface area (Å²) in [5.41, 5.74) is 4.16. The summed E-state index contributed by atoms with van der Waals surface area (Å²) in [4.78, 5) is 4.48. The van der Waals surface area contributed by atoms with Gasteiger partial charge >= 0.3 is 0 Å². The van der Waals surface area contributed by atoms with Crippen molar-refractivity contribution in [2.45, 2.75) is 0 Å². The zero-order valence-corrected chi connectivity index (χ0v) is 11.9. The van der Waals surface area contributed by atoms with E-state index in [-0.39, 0.29) is 0 Å². The highest BCUT2D eigenvalue weighted by atomic mass is 14.9. The minimum atomic E-state index is 0.940. The van der Waals surface area contributed by atoms with Crippen molar-refractivity contribution in [1.29, 1.82) is 0 Å². The second-order valence-corrected chi connectivity index (χ2v) is 4.84. The highest BCUT2D eigenvalue weighted by Gasteiger charge is 1.95. The molecule has 3 heteroatoms. The molecule has 3 rings (SSSR count). The third kappa shape index (κ3) is 3.39. The van der Waals surface area contributed by atoms with Gasteiger partial charge in [0.25, 0.3) is 0 Å². The number of para-hydroxylation sites is 1. The summed E-state index contributed by atoms with van der Waals surface area (Å²) in [6, 6.07) is 22.2. The van der Waals surface area contributed by atoms with Gasteiger partial charge in [-0.1, -0.05) is 18.2 Å². The Kier molecular flexibility index (Phi) is 3.83. The van der Waals surface area contributed by atoms with Gasteiger partial charge in [0.2, 0.25) is 0 Å². The molecule has 0 unspecified atom stereocenters. The first-order valence-corrected chi connectivity index (χ1v) is 6.89. The highest BCUT2D eigenvalue weighted by molar-refractivity contribution is 5.80. The Labute approximate surface area is 124 Å². The SMILES string of the molecule is Cn1cccc1C=Nc1ccc(Nc2ccccc2)cc1. The predicted octanol–water partition coefficient (Wildman–Crippen LogP) is 4.52. The van der Waals surface area contributed by atoms with Gasteiger partial charge in [0.05, 0.1) is 17.6 Å². The van der Waals surface area contributed by atoms with Crippen molar-refractivity contribution in [1.82, 2.24) is 4.57 Å². The summed E-state index contributed by atoms with van der Waals surface area (Å²) in [5.74, 6) is 0. The van der Waals surface area contributed by atoms with Gasteiger partial charge in [0.15, 0.2) is 0 Å². The van der Waals surface area contributed by atoms with Crippen molar-refractivity contribution in [3.8, 4) is 0 Å². The topological polar surface area (TPSA) is 29.3 Å². The van der Waals surface area contributed by atoms with E-state index in [1.807, 2.05) is 90.8 Å². The lowest BCUT2D eigenvalue weighted by Crippen LogP contribution is -1.92. The highest BCUT2D eigenvalue weighted by Crippen LogP contribution is 2.20. The fraction of sp³-hybridized carbons (Fsp3) is 0.0556. The number of nitrogens with one attached hydrogen (secondary N) is 1. The van der Waals surface area contributed by atoms with E-state index in [1.165, 1.54) is 0 Å². The van der Waals surface area contributed by atoms with Crippen LogP contribution in [0.2, 0.25) is 0 Å². The van der Waals surface area contributed by atoms with E-state index in [0.717, 1.165) is 22.8 Å². The molecule has 1 heterocycles. The van der Waals surface area contributed by atoms with E-state index in [4.69, 9.17) is 0 Å². The smallest absolute Gasteiger partial charge is 0.0632 e. The van der Waals surface area contributed by atoms with Crippen molar-refractivity contribution in [2.24, 2.45) is 12.0 Å². The third-order valence-electron chi connectivity index (χ3n) is 3.26. The molecule has 3 aromatic rings. The van der Waals surface area contributed by atoms with Gasteiger partial charge in [-0.15, -0.1) is 0 Å². The number of anilines is 2. The molecule has 3 nitrogen and oxygen atoms in total. The quantitative estimate of drug-likeness (QED) is 0.697. The summed E-state index contributed by atoms with van der Waals surface area (Å²) in [6.07, 6.45) is 3.88. The lowest BCUT2D eigenvalue weighted by molar-refractivity contribution is 0.918. The first-order chi connectivity index (χ1) is 10.3. The molecule has 0 saturated heterocycles. The maximum absolute atomic E-state index is 4.48. The molecular weight excluding hydrogens is 258 g/mol. The van der Waals surface area contributed by atoms with Crippen LogP contribution in [0.1, 0.15) is 5.69 Å². The fourth-order valence-electron chi connectivity index (χ4n) is 2.07. The third-order valence-corrected chi connectivity index (χ3v) is 3.26. The molecule has 0 aliphatic carbocycles. The number of hydrogen-bond donors (Lipinski definition) is 1. The van der Waals surface area contributed by atoms with Crippen LogP contribution in [0.15, 0.2) is 77.9 Å². The zero-order valence-electron chi connectivity index (χ0n) is 11.9. The number of benzene rings is 2. The number of rotatable bonds is 4. The van der Waals surface area contributed by atoms with Crippen LogP contribution in [0.5, 0.6) is 0 Å². The van der Waals surface area contributed by atoms with E-state index < -0.39 is 0 Å². The van der Waals surface area contributed by atoms with Gasteiger partial charge in [0, 0.05) is 24.6 Å². The van der Waals surface area contributed by atoms with Gasteiger partial charge in [-0.2, -0.15) is 0 Å². The molecule has 1 N–H and O–H groups in total. The zero-order chi connectivity index (χ0) is 14.5. The molecule has 0 spiro atoms. The van der Waals surface area contributed by atoms with E-state index >= 15 is 0 Å². The first kappa shape index (κ1) is 13.2. The predicted molar refractivity (Wildman–Crippen MR) is 88.8 cm³/mol. The number of aromatic nitrogens is 1. The van der Waals surface area contributed by atoms with Crippen LogP contribution in [0.4, 0.5) is 17.1 Å². The molecule has 1 aromatic heterocycles. The molecule has 21 heavy (non-hydrogen) atoms. The molecule has 0 amide bonds. The average Bonchev–Trinajstić information content (AvgIpc) is 2.93. The summed E-state index contributed by atoms with van der Waals surface area (Å²) in [5, 5.41) is 3.35. The largest absolute Gasteiger partial charge is 0.356 e. The van der Waals surface area contributed by atoms with Crippen LogP contribution in [-0.2, 0) is 7.05 Å². The maximum Gasteiger partial charge on any atom is 0.0632 e. The monoisotopic (exact) mass is 275 g/mol. The van der Waals surface area contributed by atoms with Gasteiger partial charge in [0.1, 0.15) is 0 Å². The Balaban J connectivity index is 1.70. The molecule has 0 aliphatic heterocycles. The number of hydrogen-bond acceptors (Lipinski definition) is 2. The Morgan fingerprint density at radius 1 is 0.857 bits per heavy atom. The fourth-order valence-corrected chi connectivity index (χ4v) is 2.07. The van der Waals surface area contributed by atoms with E-state index in [2.05, 4.69) is 10.3 Å². The van der Waals surface area contributed by atoms with E-state index in [9.17, 15) is 0 Å². The van der Waals surface area contributed by atoms with Crippen LogP contribution in [-0.4, -0.2) is 10.8 Å². The minimum absolute atomic E-state index is 0.940. The second kappa shape index (κ2) is 6.09. The standard InChI is InChI=1S/C18H17N3/c1-21-13-5-8-18(21)14-19-15-9-11-17(12-10-15)20-16-6-3-2-4-7-16/h2-14,20H,1H3. The normalized spacial score (nSPS) is 10.9. The Morgan fingerprint density at radius 3 is 2.24 bits per heavy atom. The van der Waals surface area contributed by atoms with Gasteiger partial charge in [-0.25, -0.2) is 0 Å². The van der Waals surface area contributed by atoms with E-state index in [0.29, 0.717) is 0 Å². The Hall–Kier alpha value is -2.81. The van der Waals surface area contributed by atoms with Crippen molar-refractivity contribution in [3.63, 3.8) is 0 Å². The molecule has 0 radical (unpaired) electrons. The second-order valence-electron chi connectivity index (χ2n) is 4.84.